The van der Waals surface area contributed by atoms with Gasteiger partial charge in [0.15, 0.2) is 0 Å². The molecule has 0 amide bonds. The van der Waals surface area contributed by atoms with Gasteiger partial charge in [-0.2, -0.15) is 0 Å². The van der Waals surface area contributed by atoms with Gasteiger partial charge in [-0.3, -0.25) is 29.8 Å². The summed E-state index contributed by atoms with van der Waals surface area (Å²) in [5.41, 5.74) is 0.724. The summed E-state index contributed by atoms with van der Waals surface area (Å²) in [6, 6.07) is 18.4. The van der Waals surface area contributed by atoms with E-state index in [0.717, 1.165) is 21.5 Å². The lowest BCUT2D eigenvalue weighted by Gasteiger charge is -2.05. The fourth-order valence-corrected chi connectivity index (χ4v) is 4.37. The van der Waals surface area contributed by atoms with Crippen LogP contribution in [0.3, 0.4) is 0 Å². The minimum Gasteiger partial charge on any atom is -0.267 e. The van der Waals surface area contributed by atoms with Crippen LogP contribution in [0.4, 0.5) is 11.4 Å². The molecule has 0 saturated carbocycles. The van der Waals surface area contributed by atoms with Crippen molar-refractivity contribution in [2.45, 2.75) is 6.92 Å². The highest BCUT2D eigenvalue weighted by Gasteiger charge is 2.11. The molecule has 0 aliphatic carbocycles. The first kappa shape index (κ1) is 23.5. The molecule has 174 valence electrons. The Bertz CT molecular complexity index is 1600. The van der Waals surface area contributed by atoms with E-state index in [1.165, 1.54) is 48.6 Å². The van der Waals surface area contributed by atoms with Gasteiger partial charge in [-0.05, 0) is 42.3 Å². The van der Waals surface area contributed by atoms with E-state index < -0.39 is 21.0 Å². The van der Waals surface area contributed by atoms with Crippen molar-refractivity contribution in [1.29, 1.82) is 0 Å². The lowest BCUT2D eigenvalue weighted by molar-refractivity contribution is -0.385. The molecule has 0 bridgehead atoms. The number of nitro benzene ring substituents is 2. The second kappa shape index (κ2) is 9.65. The number of rotatable bonds is 5. The molecule has 9 nitrogen and oxygen atoms in total. The van der Waals surface area contributed by atoms with Crippen molar-refractivity contribution >= 4 is 34.9 Å². The maximum absolute atomic E-state index is 13.4. The van der Waals surface area contributed by atoms with Crippen molar-refractivity contribution in [3.8, 4) is 5.69 Å². The third-order valence-electron chi connectivity index (χ3n) is 5.10. The Morgan fingerprint density at radius 1 is 0.743 bits per heavy atom. The Morgan fingerprint density at radius 2 is 1.20 bits per heavy atom. The van der Waals surface area contributed by atoms with Gasteiger partial charge in [0, 0.05) is 24.3 Å². The van der Waals surface area contributed by atoms with Crippen LogP contribution in [-0.2, 0) is 0 Å². The first-order valence-electron chi connectivity index (χ1n) is 10.3. The maximum atomic E-state index is 13.4. The van der Waals surface area contributed by atoms with Crippen molar-refractivity contribution < 1.29 is 9.85 Å². The third kappa shape index (κ3) is 5.12. The molecule has 1 heterocycles. The summed E-state index contributed by atoms with van der Waals surface area (Å²) in [6.45, 7) is 1.88. The second-order valence-corrected chi connectivity index (χ2v) is 8.69. The van der Waals surface area contributed by atoms with E-state index in [4.69, 9.17) is 0 Å². The molecule has 4 aromatic rings. The Labute approximate surface area is 201 Å². The van der Waals surface area contributed by atoms with Gasteiger partial charge in [0.25, 0.3) is 22.5 Å². The highest BCUT2D eigenvalue weighted by molar-refractivity contribution is 7.07. The number of hydrogen-bond donors (Lipinski definition) is 0. The van der Waals surface area contributed by atoms with E-state index in [1.54, 1.807) is 36.4 Å². The second-order valence-electron chi connectivity index (χ2n) is 7.60. The third-order valence-corrected chi connectivity index (χ3v) is 6.12. The molecule has 0 aliphatic heterocycles. The molecule has 10 heteroatoms. The topological polar surface area (TPSA) is 125 Å². The monoisotopic (exact) mass is 487 g/mol. The molecule has 0 saturated heterocycles. The van der Waals surface area contributed by atoms with Crippen molar-refractivity contribution in [2.24, 2.45) is 0 Å². The van der Waals surface area contributed by atoms with Crippen molar-refractivity contribution in [2.75, 3.05) is 0 Å². The quantitative estimate of drug-likeness (QED) is 0.315. The first-order valence-corrected chi connectivity index (χ1v) is 11.1. The predicted molar refractivity (Wildman–Crippen MR) is 133 cm³/mol. The van der Waals surface area contributed by atoms with Crippen molar-refractivity contribution in [3.05, 3.63) is 139 Å². The van der Waals surface area contributed by atoms with Gasteiger partial charge < -0.3 is 0 Å². The van der Waals surface area contributed by atoms with Gasteiger partial charge in [-0.25, -0.2) is 4.57 Å². The van der Waals surface area contributed by atoms with Crippen molar-refractivity contribution in [3.63, 3.8) is 0 Å². The number of aryl methyl sites for hydroxylation is 1. The molecule has 0 aliphatic rings. The summed E-state index contributed by atoms with van der Waals surface area (Å²) in [5, 5.41) is 22.3. The van der Waals surface area contributed by atoms with Crippen LogP contribution in [0.5, 0.6) is 0 Å². The van der Waals surface area contributed by atoms with Crippen LogP contribution in [0.15, 0.2) is 82.4 Å². The van der Waals surface area contributed by atoms with E-state index >= 15 is 0 Å². The normalized spacial score (nSPS) is 12.0. The Balaban J connectivity index is 2.04. The Kier molecular flexibility index (Phi) is 6.47. The van der Waals surface area contributed by atoms with Crippen LogP contribution in [-0.4, -0.2) is 14.4 Å². The van der Waals surface area contributed by atoms with Crippen LogP contribution in [0.2, 0.25) is 0 Å². The molecule has 0 N–H and O–H groups in total. The average Bonchev–Trinajstić information content (AvgIpc) is 2.83. The molecule has 3 aromatic carbocycles. The molecule has 4 rings (SSSR count). The minimum absolute atomic E-state index is 0.133. The molecular formula is C25H17N3O6S. The number of non-ortho nitro benzene ring substituents is 2. The summed E-state index contributed by atoms with van der Waals surface area (Å²) in [6.07, 6.45) is 2.96. The molecule has 1 aromatic heterocycles. The van der Waals surface area contributed by atoms with E-state index in [-0.39, 0.29) is 20.4 Å². The highest BCUT2D eigenvalue weighted by atomic mass is 32.1. The van der Waals surface area contributed by atoms with Gasteiger partial charge in [0.05, 0.1) is 24.6 Å². The minimum atomic E-state index is -0.577. The molecule has 0 fully saturated rings. The Hall–Kier alpha value is -4.70. The summed E-state index contributed by atoms with van der Waals surface area (Å²) in [4.78, 5) is 47.9. The zero-order valence-electron chi connectivity index (χ0n) is 18.3. The lowest BCUT2D eigenvalue weighted by atomic mass is 10.2. The van der Waals surface area contributed by atoms with Gasteiger partial charge in [-0.15, -0.1) is 11.3 Å². The summed E-state index contributed by atoms with van der Waals surface area (Å²) in [7, 11) is 0. The smallest absolute Gasteiger partial charge is 0.267 e. The van der Waals surface area contributed by atoms with Crippen LogP contribution in [0.1, 0.15) is 16.7 Å². The molecular weight excluding hydrogens is 470 g/mol. The average molecular weight is 487 g/mol. The van der Waals surface area contributed by atoms with Crippen LogP contribution < -0.4 is 20.2 Å². The van der Waals surface area contributed by atoms with E-state index in [1.807, 2.05) is 6.92 Å². The highest BCUT2D eigenvalue weighted by Crippen LogP contribution is 2.14. The van der Waals surface area contributed by atoms with Crippen molar-refractivity contribution in [1.82, 2.24) is 4.57 Å². The molecule has 0 unspecified atom stereocenters. The summed E-state index contributed by atoms with van der Waals surface area (Å²) < 4.78 is 1.37. The molecule has 35 heavy (non-hydrogen) atoms. The van der Waals surface area contributed by atoms with Gasteiger partial charge >= 0.3 is 0 Å². The number of benzene rings is 3. The SMILES string of the molecule is Cc1ccc(-n2c(=O)c(=Cc3cccc([N+](=O)[O-])c3)sc(=Cc3cccc([N+](=O)[O-])c3)c2=O)cc1. The molecule has 0 radical (unpaired) electrons. The van der Waals surface area contributed by atoms with Gasteiger partial charge in [-0.1, -0.05) is 42.0 Å². The summed E-state index contributed by atoms with van der Waals surface area (Å²) in [5.74, 6) is 0. The van der Waals surface area contributed by atoms with E-state index in [9.17, 15) is 29.8 Å². The fraction of sp³-hybridized carbons (Fsp3) is 0.0400. The largest absolute Gasteiger partial charge is 0.275 e. The van der Waals surface area contributed by atoms with Crippen LogP contribution in [0, 0.1) is 27.2 Å². The molecule has 0 atom stereocenters. The number of nitrogens with zero attached hydrogens (tertiary/aromatic N) is 3. The molecule has 0 spiro atoms. The standard InChI is InChI=1S/C25H17N3O6S/c1-16-8-10-19(11-9-16)26-24(29)22(14-17-4-2-6-20(12-17)27(31)32)35-23(25(26)30)15-18-5-3-7-21(13-18)28(33)34/h2-15H,1H3. The van der Waals surface area contributed by atoms with E-state index in [0.29, 0.717) is 16.8 Å². The first-order chi connectivity index (χ1) is 16.7. The van der Waals surface area contributed by atoms with Gasteiger partial charge in [0.1, 0.15) is 0 Å². The zero-order chi connectivity index (χ0) is 25.1. The van der Waals surface area contributed by atoms with Crippen LogP contribution in [0.25, 0.3) is 17.8 Å². The number of nitro groups is 2. The Morgan fingerprint density at radius 3 is 1.63 bits per heavy atom. The summed E-state index contributed by atoms with van der Waals surface area (Å²) >= 11 is 0.909. The predicted octanol–water partition coefficient (Wildman–Crippen LogP) is 3.04. The van der Waals surface area contributed by atoms with Crippen LogP contribution >= 0.6 is 11.3 Å². The zero-order valence-corrected chi connectivity index (χ0v) is 19.1. The van der Waals surface area contributed by atoms with E-state index in [2.05, 4.69) is 0 Å². The fourth-order valence-electron chi connectivity index (χ4n) is 3.39. The lowest BCUT2D eigenvalue weighted by Crippen LogP contribution is -2.47. The van der Waals surface area contributed by atoms with Gasteiger partial charge in [0.2, 0.25) is 0 Å². The number of aromatic nitrogens is 1. The maximum Gasteiger partial charge on any atom is 0.275 e. The number of hydrogen-bond acceptors (Lipinski definition) is 7.